The molecule has 0 fully saturated rings. The van der Waals surface area contributed by atoms with Crippen molar-refractivity contribution in [2.24, 2.45) is 0 Å². The first-order chi connectivity index (χ1) is 14.4. The second-order valence-corrected chi connectivity index (χ2v) is 6.45. The number of ether oxygens (including phenoxy) is 4. The summed E-state index contributed by atoms with van der Waals surface area (Å²) in [7, 11) is 2.57. The van der Waals surface area contributed by atoms with E-state index in [1.54, 1.807) is 44.2 Å². The molecule has 3 rings (SSSR count). The Balaban J connectivity index is 2.42. The SMILES string of the molecule is CCOC(=O)C1=C(C(=O)OC)CC(C)Oc2nc(OC)n(-c3ccccc3)c(=O)c21. The number of hydrogen-bond acceptors (Lipinski definition) is 8. The normalized spacial score (nSPS) is 15.5. The van der Waals surface area contributed by atoms with Gasteiger partial charge in [0.1, 0.15) is 11.7 Å². The van der Waals surface area contributed by atoms with E-state index in [2.05, 4.69) is 4.98 Å². The molecule has 1 aliphatic heterocycles. The summed E-state index contributed by atoms with van der Waals surface area (Å²) in [4.78, 5) is 43.3. The third-order valence-electron chi connectivity index (χ3n) is 4.48. The Kier molecular flexibility index (Phi) is 6.20. The molecule has 0 spiro atoms. The molecule has 2 aromatic rings. The van der Waals surface area contributed by atoms with Gasteiger partial charge in [-0.15, -0.1) is 0 Å². The topological polar surface area (TPSA) is 106 Å². The molecule has 0 radical (unpaired) electrons. The number of nitrogens with zero attached hydrogens (tertiary/aromatic N) is 2. The van der Waals surface area contributed by atoms with E-state index in [4.69, 9.17) is 18.9 Å². The Morgan fingerprint density at radius 2 is 1.90 bits per heavy atom. The number of carbonyl (C=O) groups excluding carboxylic acids is 2. The molecular formula is C21H22N2O7. The minimum absolute atomic E-state index is 0.00845. The summed E-state index contributed by atoms with van der Waals surface area (Å²) >= 11 is 0. The van der Waals surface area contributed by atoms with Gasteiger partial charge in [0.15, 0.2) is 0 Å². The van der Waals surface area contributed by atoms with Crippen LogP contribution in [0, 0.1) is 0 Å². The first-order valence-corrected chi connectivity index (χ1v) is 9.34. The number of rotatable bonds is 5. The van der Waals surface area contributed by atoms with Crippen molar-refractivity contribution in [3.63, 3.8) is 0 Å². The average Bonchev–Trinajstić information content (AvgIpc) is 2.89. The maximum atomic E-state index is 13.6. The number of aromatic nitrogens is 2. The summed E-state index contributed by atoms with van der Waals surface area (Å²) in [6.45, 7) is 3.37. The van der Waals surface area contributed by atoms with Crippen LogP contribution in [0.25, 0.3) is 11.3 Å². The summed E-state index contributed by atoms with van der Waals surface area (Å²) in [6.07, 6.45) is -0.529. The van der Waals surface area contributed by atoms with E-state index in [-0.39, 0.29) is 41.6 Å². The summed E-state index contributed by atoms with van der Waals surface area (Å²) in [5.74, 6) is -1.69. The number of carbonyl (C=O) groups is 2. The van der Waals surface area contributed by atoms with Crippen LogP contribution >= 0.6 is 0 Å². The Labute approximate surface area is 172 Å². The van der Waals surface area contributed by atoms with Gasteiger partial charge < -0.3 is 18.9 Å². The number of esters is 2. The second kappa shape index (κ2) is 8.81. The number of fused-ring (bicyclic) bond motifs is 1. The molecule has 0 bridgehead atoms. The van der Waals surface area contributed by atoms with E-state index in [1.165, 1.54) is 18.8 Å². The lowest BCUT2D eigenvalue weighted by atomic mass is 9.98. The highest BCUT2D eigenvalue weighted by atomic mass is 16.5. The molecule has 30 heavy (non-hydrogen) atoms. The van der Waals surface area contributed by atoms with Gasteiger partial charge in [-0.05, 0) is 26.0 Å². The smallest absolute Gasteiger partial charge is 0.339 e. The lowest BCUT2D eigenvalue weighted by molar-refractivity contribution is -0.138. The molecule has 0 aliphatic carbocycles. The van der Waals surface area contributed by atoms with E-state index in [0.717, 1.165) is 0 Å². The average molecular weight is 414 g/mol. The van der Waals surface area contributed by atoms with Crippen LogP contribution in [0.1, 0.15) is 25.8 Å². The molecule has 1 aromatic heterocycles. The number of methoxy groups -OCH3 is 2. The van der Waals surface area contributed by atoms with Crippen LogP contribution in [0.4, 0.5) is 0 Å². The zero-order chi connectivity index (χ0) is 21.8. The lowest BCUT2D eigenvalue weighted by Gasteiger charge is -2.17. The summed E-state index contributed by atoms with van der Waals surface area (Å²) < 4.78 is 22.3. The minimum Gasteiger partial charge on any atom is -0.474 e. The largest absolute Gasteiger partial charge is 0.474 e. The summed E-state index contributed by atoms with van der Waals surface area (Å²) in [5, 5.41) is 0. The Morgan fingerprint density at radius 1 is 1.20 bits per heavy atom. The van der Waals surface area contributed by atoms with Gasteiger partial charge in [-0.3, -0.25) is 4.79 Å². The van der Waals surface area contributed by atoms with Gasteiger partial charge in [-0.2, -0.15) is 4.98 Å². The monoisotopic (exact) mass is 414 g/mol. The van der Waals surface area contributed by atoms with Gasteiger partial charge >= 0.3 is 17.9 Å². The molecule has 2 heterocycles. The molecule has 158 valence electrons. The van der Waals surface area contributed by atoms with Crippen molar-refractivity contribution in [1.29, 1.82) is 0 Å². The van der Waals surface area contributed by atoms with Crippen molar-refractivity contribution in [2.45, 2.75) is 26.4 Å². The van der Waals surface area contributed by atoms with Gasteiger partial charge in [-0.25, -0.2) is 14.2 Å². The van der Waals surface area contributed by atoms with Crippen LogP contribution < -0.4 is 15.0 Å². The zero-order valence-corrected chi connectivity index (χ0v) is 17.1. The molecule has 1 unspecified atom stereocenters. The van der Waals surface area contributed by atoms with Crippen molar-refractivity contribution < 1.29 is 28.5 Å². The van der Waals surface area contributed by atoms with E-state index < -0.39 is 23.6 Å². The Morgan fingerprint density at radius 3 is 2.50 bits per heavy atom. The highest BCUT2D eigenvalue weighted by Gasteiger charge is 2.36. The van der Waals surface area contributed by atoms with Crippen LogP contribution in [0.3, 0.4) is 0 Å². The van der Waals surface area contributed by atoms with E-state index in [0.29, 0.717) is 5.69 Å². The molecule has 0 saturated carbocycles. The predicted octanol–water partition coefficient (Wildman–Crippen LogP) is 1.90. The van der Waals surface area contributed by atoms with Gasteiger partial charge in [0.2, 0.25) is 5.88 Å². The minimum atomic E-state index is -0.833. The molecule has 9 heteroatoms. The molecule has 0 N–H and O–H groups in total. The van der Waals surface area contributed by atoms with Crippen LogP contribution in [-0.2, 0) is 19.1 Å². The van der Waals surface area contributed by atoms with E-state index >= 15 is 0 Å². The van der Waals surface area contributed by atoms with Crippen molar-refractivity contribution in [3.8, 4) is 17.6 Å². The molecule has 0 amide bonds. The van der Waals surface area contributed by atoms with Crippen molar-refractivity contribution in [3.05, 3.63) is 51.8 Å². The number of para-hydroxylation sites is 1. The third-order valence-corrected chi connectivity index (χ3v) is 4.48. The first-order valence-electron chi connectivity index (χ1n) is 9.34. The maximum Gasteiger partial charge on any atom is 0.339 e. The fourth-order valence-electron chi connectivity index (χ4n) is 3.23. The number of benzene rings is 1. The predicted molar refractivity (Wildman–Crippen MR) is 107 cm³/mol. The fourth-order valence-corrected chi connectivity index (χ4v) is 3.23. The van der Waals surface area contributed by atoms with Gasteiger partial charge in [-0.1, -0.05) is 18.2 Å². The highest BCUT2D eigenvalue weighted by Crippen LogP contribution is 2.34. The Bertz CT molecular complexity index is 1060. The van der Waals surface area contributed by atoms with Gasteiger partial charge in [0.25, 0.3) is 5.56 Å². The first kappa shape index (κ1) is 21.1. The standard InChI is InChI=1S/C21H22N2O7/c1-5-29-20(26)15-14(19(25)27-3)11-12(2)30-17-16(15)18(24)23(21(22-17)28-4)13-9-7-6-8-10-13/h6-10,12H,5,11H2,1-4H3. The van der Waals surface area contributed by atoms with Gasteiger partial charge in [0.05, 0.1) is 37.7 Å². The Hall–Kier alpha value is -3.62. The molecule has 9 nitrogen and oxygen atoms in total. The quantitative estimate of drug-likeness (QED) is 0.683. The highest BCUT2D eigenvalue weighted by molar-refractivity contribution is 6.23. The lowest BCUT2D eigenvalue weighted by Crippen LogP contribution is -2.28. The van der Waals surface area contributed by atoms with Crippen LogP contribution in [0.5, 0.6) is 11.9 Å². The van der Waals surface area contributed by atoms with Crippen molar-refractivity contribution in [1.82, 2.24) is 9.55 Å². The van der Waals surface area contributed by atoms with Crippen LogP contribution in [-0.4, -0.2) is 48.4 Å². The second-order valence-electron chi connectivity index (χ2n) is 6.45. The maximum absolute atomic E-state index is 13.6. The molecular weight excluding hydrogens is 392 g/mol. The van der Waals surface area contributed by atoms with E-state index in [1.807, 2.05) is 0 Å². The van der Waals surface area contributed by atoms with E-state index in [9.17, 15) is 14.4 Å². The summed E-state index contributed by atoms with van der Waals surface area (Å²) in [6, 6.07) is 8.63. The molecule has 1 atom stereocenters. The van der Waals surface area contributed by atoms with Crippen LogP contribution in [0.15, 0.2) is 40.7 Å². The molecule has 0 saturated heterocycles. The molecule has 1 aromatic carbocycles. The third kappa shape index (κ3) is 3.78. The van der Waals surface area contributed by atoms with Crippen molar-refractivity contribution in [2.75, 3.05) is 20.8 Å². The van der Waals surface area contributed by atoms with Gasteiger partial charge in [0, 0.05) is 6.42 Å². The molecule has 1 aliphatic rings. The van der Waals surface area contributed by atoms with Crippen LogP contribution in [0.2, 0.25) is 0 Å². The zero-order valence-electron chi connectivity index (χ0n) is 17.1. The fraction of sp³-hybridized carbons (Fsp3) is 0.333. The number of hydrogen-bond donors (Lipinski definition) is 0. The summed E-state index contributed by atoms with van der Waals surface area (Å²) in [5.41, 5.74) is -0.571. The van der Waals surface area contributed by atoms with Crippen molar-refractivity contribution >= 4 is 17.5 Å².